The lowest BCUT2D eigenvalue weighted by molar-refractivity contribution is -0.222. The number of anilines is 1. The smallest absolute Gasteiger partial charge is 0.348 e. The average Bonchev–Trinajstić information content (AvgIpc) is 2.72. The molecule has 6 nitrogen and oxygen atoms in total. The molecule has 0 spiro atoms. The molecule has 1 fully saturated rings. The molecule has 1 amide bonds. The molecule has 6 heteroatoms. The van der Waals surface area contributed by atoms with Gasteiger partial charge in [-0.1, -0.05) is 6.07 Å². The summed E-state index contributed by atoms with van der Waals surface area (Å²) in [5.74, 6) is -2.76. The van der Waals surface area contributed by atoms with Crippen LogP contribution in [-0.4, -0.2) is 23.6 Å². The van der Waals surface area contributed by atoms with Crippen LogP contribution in [0.3, 0.4) is 0 Å². The van der Waals surface area contributed by atoms with Crippen molar-refractivity contribution in [2.24, 2.45) is 0 Å². The Bertz CT molecular complexity index is 680. The van der Waals surface area contributed by atoms with Crippen LogP contribution < -0.4 is 5.32 Å². The molecule has 0 radical (unpaired) electrons. The number of nitrogens with one attached hydrogen (secondary N) is 1. The van der Waals surface area contributed by atoms with E-state index in [2.05, 4.69) is 5.32 Å². The number of fused-ring (bicyclic) bond motifs is 1. The van der Waals surface area contributed by atoms with Crippen molar-refractivity contribution >= 4 is 29.6 Å². The van der Waals surface area contributed by atoms with Crippen molar-refractivity contribution in [1.29, 1.82) is 0 Å². The third kappa shape index (κ3) is 2.52. The van der Waals surface area contributed by atoms with Gasteiger partial charge < -0.3 is 14.8 Å². The van der Waals surface area contributed by atoms with Gasteiger partial charge in [0.25, 0.3) is 5.79 Å². The lowest BCUT2D eigenvalue weighted by Crippen LogP contribution is -2.41. The van der Waals surface area contributed by atoms with E-state index in [-0.39, 0.29) is 17.9 Å². The van der Waals surface area contributed by atoms with E-state index in [0.29, 0.717) is 5.56 Å². The fourth-order valence-electron chi connectivity index (χ4n) is 2.28. The van der Waals surface area contributed by atoms with Gasteiger partial charge in [0, 0.05) is 19.5 Å². The largest absolute Gasteiger partial charge is 0.419 e. The van der Waals surface area contributed by atoms with Crippen molar-refractivity contribution in [2.45, 2.75) is 26.1 Å². The maximum Gasteiger partial charge on any atom is 0.348 e. The highest BCUT2D eigenvalue weighted by Crippen LogP contribution is 2.27. The van der Waals surface area contributed by atoms with Crippen LogP contribution >= 0.6 is 0 Å². The number of amides is 1. The van der Waals surface area contributed by atoms with Gasteiger partial charge in [0.1, 0.15) is 5.57 Å². The van der Waals surface area contributed by atoms with Crippen LogP contribution in [0.5, 0.6) is 0 Å². The number of carbonyl (C=O) groups excluding carboxylic acids is 3. The second-order valence-electron chi connectivity index (χ2n) is 5.38. The summed E-state index contributed by atoms with van der Waals surface area (Å²) in [6.45, 7) is 2.98. The highest BCUT2D eigenvalue weighted by atomic mass is 16.7. The van der Waals surface area contributed by atoms with Gasteiger partial charge in [-0.25, -0.2) is 9.59 Å². The van der Waals surface area contributed by atoms with Crippen molar-refractivity contribution in [3.63, 3.8) is 0 Å². The summed E-state index contributed by atoms with van der Waals surface area (Å²) in [5, 5.41) is 2.71. The Morgan fingerprint density at radius 3 is 2.48 bits per heavy atom. The second kappa shape index (κ2) is 4.44. The van der Waals surface area contributed by atoms with Crippen molar-refractivity contribution in [1.82, 2.24) is 0 Å². The number of ether oxygens (including phenoxy) is 2. The van der Waals surface area contributed by atoms with E-state index in [4.69, 9.17) is 9.47 Å². The predicted octanol–water partition coefficient (Wildman–Crippen LogP) is 1.40. The Morgan fingerprint density at radius 2 is 1.81 bits per heavy atom. The molecule has 2 aliphatic heterocycles. The minimum absolute atomic E-state index is 0.0759. The first kappa shape index (κ1) is 13.4. The number of esters is 2. The number of hydrogen-bond donors (Lipinski definition) is 1. The third-order valence-electron chi connectivity index (χ3n) is 3.18. The zero-order valence-electron chi connectivity index (χ0n) is 11.6. The lowest BCUT2D eigenvalue weighted by atomic mass is 10.1. The first-order valence-electron chi connectivity index (χ1n) is 6.45. The van der Waals surface area contributed by atoms with Crippen molar-refractivity contribution < 1.29 is 23.9 Å². The zero-order valence-corrected chi connectivity index (χ0v) is 11.6. The predicted molar refractivity (Wildman–Crippen MR) is 73.0 cm³/mol. The highest BCUT2D eigenvalue weighted by Gasteiger charge is 2.38. The molecule has 0 aromatic heterocycles. The quantitative estimate of drug-likeness (QED) is 0.479. The summed E-state index contributed by atoms with van der Waals surface area (Å²) >= 11 is 0. The summed E-state index contributed by atoms with van der Waals surface area (Å²) in [4.78, 5) is 35.0. The Hall–Kier alpha value is -2.63. The van der Waals surface area contributed by atoms with Crippen LogP contribution in [0.2, 0.25) is 0 Å². The second-order valence-corrected chi connectivity index (χ2v) is 5.38. The fraction of sp³-hybridized carbons (Fsp3) is 0.267. The monoisotopic (exact) mass is 287 g/mol. The summed E-state index contributed by atoms with van der Waals surface area (Å²) in [6, 6.07) is 5.19. The molecule has 0 atom stereocenters. The molecule has 108 valence electrons. The lowest BCUT2D eigenvalue weighted by Gasteiger charge is -2.29. The summed E-state index contributed by atoms with van der Waals surface area (Å²) < 4.78 is 10.0. The molecular formula is C15H13NO5. The van der Waals surface area contributed by atoms with Crippen LogP contribution in [0.25, 0.3) is 6.08 Å². The highest BCUT2D eigenvalue weighted by molar-refractivity contribution is 6.19. The van der Waals surface area contributed by atoms with E-state index in [1.807, 2.05) is 0 Å². The number of hydrogen-bond acceptors (Lipinski definition) is 5. The molecule has 0 unspecified atom stereocenters. The number of rotatable bonds is 1. The van der Waals surface area contributed by atoms with E-state index < -0.39 is 17.7 Å². The minimum Gasteiger partial charge on any atom is -0.419 e. The molecule has 21 heavy (non-hydrogen) atoms. The van der Waals surface area contributed by atoms with Crippen LogP contribution in [0.1, 0.15) is 25.0 Å². The number of carbonyl (C=O) groups is 3. The van der Waals surface area contributed by atoms with Crippen LogP contribution in [0.15, 0.2) is 23.8 Å². The van der Waals surface area contributed by atoms with Gasteiger partial charge >= 0.3 is 11.9 Å². The first-order valence-corrected chi connectivity index (χ1v) is 6.45. The van der Waals surface area contributed by atoms with Gasteiger partial charge in [-0.05, 0) is 29.3 Å². The molecule has 2 heterocycles. The molecule has 0 saturated carbocycles. The Morgan fingerprint density at radius 1 is 1.14 bits per heavy atom. The van der Waals surface area contributed by atoms with Gasteiger partial charge in [0.15, 0.2) is 0 Å². The molecular weight excluding hydrogens is 274 g/mol. The standard InChI is InChI=1S/C15H13NO5/c1-15(2)20-13(18)10(14(19)21-15)6-8-3-4-11-9(5-8)7-12(17)16-11/h3-6H,7H2,1-2H3,(H,16,17). The maximum absolute atomic E-state index is 11.9. The van der Waals surface area contributed by atoms with Crippen molar-refractivity contribution in [2.75, 3.05) is 5.32 Å². The van der Waals surface area contributed by atoms with Gasteiger partial charge in [0.2, 0.25) is 5.91 Å². The van der Waals surface area contributed by atoms with E-state index >= 15 is 0 Å². The Labute approximate surface area is 120 Å². The minimum atomic E-state index is -1.25. The van der Waals surface area contributed by atoms with Gasteiger partial charge in [0.05, 0.1) is 6.42 Å². The first-order chi connectivity index (χ1) is 9.84. The fourth-order valence-corrected chi connectivity index (χ4v) is 2.28. The van der Waals surface area contributed by atoms with E-state index in [1.54, 1.807) is 18.2 Å². The molecule has 1 aromatic rings. The van der Waals surface area contributed by atoms with E-state index in [1.165, 1.54) is 19.9 Å². The topological polar surface area (TPSA) is 81.7 Å². The van der Waals surface area contributed by atoms with Crippen molar-refractivity contribution in [3.8, 4) is 0 Å². The number of benzene rings is 1. The van der Waals surface area contributed by atoms with Crippen LogP contribution in [0.4, 0.5) is 5.69 Å². The molecule has 0 aliphatic carbocycles. The van der Waals surface area contributed by atoms with Gasteiger partial charge in [-0.2, -0.15) is 0 Å². The number of cyclic esters (lactones) is 2. The van der Waals surface area contributed by atoms with E-state index in [0.717, 1.165) is 11.3 Å². The molecule has 3 rings (SSSR count). The summed E-state index contributed by atoms with van der Waals surface area (Å²) in [5.41, 5.74) is 2.05. The average molecular weight is 287 g/mol. The molecule has 0 bridgehead atoms. The maximum atomic E-state index is 11.9. The molecule has 2 aliphatic rings. The zero-order chi connectivity index (χ0) is 15.2. The molecule has 1 aromatic carbocycles. The normalized spacial score (nSPS) is 19.5. The summed E-state index contributed by atoms with van der Waals surface area (Å²) in [6.07, 6.45) is 1.69. The SMILES string of the molecule is CC1(C)OC(=O)C(=Cc2ccc3c(c2)CC(=O)N3)C(=O)O1. The molecule has 1 N–H and O–H groups in total. The Balaban J connectivity index is 1.92. The van der Waals surface area contributed by atoms with Gasteiger partial charge in [-0.15, -0.1) is 0 Å². The van der Waals surface area contributed by atoms with Gasteiger partial charge in [-0.3, -0.25) is 4.79 Å². The summed E-state index contributed by atoms with van der Waals surface area (Å²) in [7, 11) is 0. The van der Waals surface area contributed by atoms with Crippen molar-refractivity contribution in [3.05, 3.63) is 34.9 Å². The molecule has 1 saturated heterocycles. The van der Waals surface area contributed by atoms with Crippen LogP contribution in [0, 0.1) is 0 Å². The van der Waals surface area contributed by atoms with E-state index in [9.17, 15) is 14.4 Å². The Kier molecular flexibility index (Phi) is 2.83. The van der Waals surface area contributed by atoms with Crippen LogP contribution in [-0.2, 0) is 30.3 Å². The third-order valence-corrected chi connectivity index (χ3v) is 3.18.